The molecule has 0 unspecified atom stereocenters. The summed E-state index contributed by atoms with van der Waals surface area (Å²) in [5, 5.41) is 14.7. The number of carbonyl (C=O) groups is 2. The number of aromatic hydroxyl groups is 1. The van der Waals surface area contributed by atoms with Crippen LogP contribution in [-0.2, 0) is 4.79 Å². The maximum Gasteiger partial charge on any atom is 0.251 e. The Balaban J connectivity index is 2.43. The fourth-order valence-corrected chi connectivity index (χ4v) is 1.61. The second-order valence-electron chi connectivity index (χ2n) is 4.39. The van der Waals surface area contributed by atoms with Crippen LogP contribution in [0.3, 0.4) is 0 Å². The molecule has 3 N–H and O–H groups in total. The Morgan fingerprint density at radius 1 is 1.37 bits per heavy atom. The molecule has 0 aliphatic rings. The number of hydrogen-bond acceptors (Lipinski definition) is 3. The number of phenolic OH excluding ortho intramolecular Hbond substituents is 1. The first kappa shape index (κ1) is 15.3. The molecule has 0 aliphatic carbocycles. The Kier molecular flexibility index (Phi) is 5.63. The lowest BCUT2D eigenvalue weighted by atomic mass is 10.2. The number of halogens is 1. The number of carbonyl (C=O) groups excluding carboxylic acids is 2. The summed E-state index contributed by atoms with van der Waals surface area (Å²) in [5.41, 5.74) is 0.340. The van der Waals surface area contributed by atoms with Crippen molar-refractivity contribution < 1.29 is 14.7 Å². The molecule has 0 radical (unpaired) electrons. The van der Waals surface area contributed by atoms with E-state index in [1.807, 2.05) is 13.8 Å². The predicted octanol–water partition coefficient (Wildman–Crippen LogP) is 1.69. The first-order chi connectivity index (χ1) is 8.90. The Labute approximate surface area is 117 Å². The van der Waals surface area contributed by atoms with Crippen molar-refractivity contribution in [3.05, 3.63) is 28.8 Å². The van der Waals surface area contributed by atoms with E-state index in [1.165, 1.54) is 18.2 Å². The molecule has 1 aromatic carbocycles. The highest BCUT2D eigenvalue weighted by Gasteiger charge is 2.09. The van der Waals surface area contributed by atoms with E-state index in [0.717, 1.165) is 0 Å². The molecular formula is C13H17ClN2O3. The zero-order valence-electron chi connectivity index (χ0n) is 10.9. The van der Waals surface area contributed by atoms with Gasteiger partial charge < -0.3 is 15.7 Å². The molecule has 2 amide bonds. The SMILES string of the molecule is CC(C)NC(=O)CCNC(=O)c1ccc(O)c(Cl)c1. The summed E-state index contributed by atoms with van der Waals surface area (Å²) >= 11 is 5.71. The van der Waals surface area contributed by atoms with Gasteiger partial charge in [-0.2, -0.15) is 0 Å². The highest BCUT2D eigenvalue weighted by atomic mass is 35.5. The molecule has 0 saturated carbocycles. The van der Waals surface area contributed by atoms with Crippen LogP contribution in [0.2, 0.25) is 5.02 Å². The molecule has 6 heteroatoms. The van der Waals surface area contributed by atoms with Gasteiger partial charge in [0.1, 0.15) is 5.75 Å². The number of amides is 2. The molecule has 1 aromatic rings. The minimum absolute atomic E-state index is 0.0745. The van der Waals surface area contributed by atoms with Gasteiger partial charge in [-0.3, -0.25) is 9.59 Å². The molecule has 0 saturated heterocycles. The zero-order valence-corrected chi connectivity index (χ0v) is 11.6. The van der Waals surface area contributed by atoms with Crippen LogP contribution < -0.4 is 10.6 Å². The van der Waals surface area contributed by atoms with Gasteiger partial charge >= 0.3 is 0 Å². The zero-order chi connectivity index (χ0) is 14.4. The van der Waals surface area contributed by atoms with Crippen molar-refractivity contribution in [3.8, 4) is 5.75 Å². The summed E-state index contributed by atoms with van der Waals surface area (Å²) in [4.78, 5) is 23.1. The number of nitrogens with one attached hydrogen (secondary N) is 2. The molecule has 0 bridgehead atoms. The van der Waals surface area contributed by atoms with Crippen molar-refractivity contribution in [2.24, 2.45) is 0 Å². The summed E-state index contributed by atoms with van der Waals surface area (Å²) in [6, 6.07) is 4.27. The van der Waals surface area contributed by atoms with Crippen LogP contribution in [-0.4, -0.2) is 29.5 Å². The molecule has 5 nitrogen and oxygen atoms in total. The third-order valence-electron chi connectivity index (χ3n) is 2.30. The standard InChI is InChI=1S/C13H17ClN2O3/c1-8(2)16-12(18)5-6-15-13(19)9-3-4-11(17)10(14)7-9/h3-4,7-8,17H,5-6H2,1-2H3,(H,15,19)(H,16,18). The lowest BCUT2D eigenvalue weighted by Gasteiger charge is -2.09. The lowest BCUT2D eigenvalue weighted by Crippen LogP contribution is -2.34. The van der Waals surface area contributed by atoms with Gasteiger partial charge in [0.05, 0.1) is 5.02 Å². The molecule has 19 heavy (non-hydrogen) atoms. The van der Waals surface area contributed by atoms with Crippen LogP contribution in [0.25, 0.3) is 0 Å². The minimum Gasteiger partial charge on any atom is -0.506 e. The first-order valence-corrected chi connectivity index (χ1v) is 6.34. The smallest absolute Gasteiger partial charge is 0.251 e. The van der Waals surface area contributed by atoms with Gasteiger partial charge in [0, 0.05) is 24.6 Å². The third-order valence-corrected chi connectivity index (χ3v) is 2.60. The van der Waals surface area contributed by atoms with E-state index in [0.29, 0.717) is 5.56 Å². The van der Waals surface area contributed by atoms with Crippen LogP contribution in [0.5, 0.6) is 5.75 Å². The van der Waals surface area contributed by atoms with Crippen molar-refractivity contribution in [3.63, 3.8) is 0 Å². The highest BCUT2D eigenvalue weighted by molar-refractivity contribution is 6.32. The molecule has 0 atom stereocenters. The maximum atomic E-state index is 11.7. The normalized spacial score (nSPS) is 10.3. The van der Waals surface area contributed by atoms with Crippen LogP contribution in [0.4, 0.5) is 0 Å². The minimum atomic E-state index is -0.334. The van der Waals surface area contributed by atoms with Crippen molar-refractivity contribution in [1.29, 1.82) is 0 Å². The van der Waals surface area contributed by atoms with E-state index in [9.17, 15) is 14.7 Å². The maximum absolute atomic E-state index is 11.7. The summed E-state index contributed by atoms with van der Waals surface area (Å²) in [5.74, 6) is -0.521. The third kappa shape index (κ3) is 5.18. The van der Waals surface area contributed by atoms with Crippen LogP contribution >= 0.6 is 11.6 Å². The molecule has 104 valence electrons. The predicted molar refractivity (Wildman–Crippen MR) is 73.3 cm³/mol. The van der Waals surface area contributed by atoms with Gasteiger partial charge in [0.2, 0.25) is 5.91 Å². The Morgan fingerprint density at radius 2 is 2.05 bits per heavy atom. The van der Waals surface area contributed by atoms with E-state index >= 15 is 0 Å². The second kappa shape index (κ2) is 6.99. The van der Waals surface area contributed by atoms with Gasteiger partial charge in [-0.15, -0.1) is 0 Å². The first-order valence-electron chi connectivity index (χ1n) is 5.96. The summed E-state index contributed by atoms with van der Waals surface area (Å²) in [6.45, 7) is 3.99. The van der Waals surface area contributed by atoms with Crippen LogP contribution in [0.1, 0.15) is 30.6 Å². The van der Waals surface area contributed by atoms with Crippen molar-refractivity contribution in [2.75, 3.05) is 6.54 Å². The van der Waals surface area contributed by atoms with Crippen molar-refractivity contribution in [1.82, 2.24) is 10.6 Å². The van der Waals surface area contributed by atoms with Gasteiger partial charge in [-0.25, -0.2) is 0 Å². The number of hydrogen-bond donors (Lipinski definition) is 3. The lowest BCUT2D eigenvalue weighted by molar-refractivity contribution is -0.121. The van der Waals surface area contributed by atoms with Crippen molar-refractivity contribution in [2.45, 2.75) is 26.3 Å². The van der Waals surface area contributed by atoms with Crippen molar-refractivity contribution >= 4 is 23.4 Å². The largest absolute Gasteiger partial charge is 0.506 e. The Hall–Kier alpha value is -1.75. The molecular weight excluding hydrogens is 268 g/mol. The quantitative estimate of drug-likeness (QED) is 0.770. The van der Waals surface area contributed by atoms with Crippen LogP contribution in [0.15, 0.2) is 18.2 Å². The molecule has 0 fully saturated rings. The summed E-state index contributed by atoms with van der Waals surface area (Å²) in [7, 11) is 0. The van der Waals surface area contributed by atoms with E-state index in [4.69, 9.17) is 11.6 Å². The average Bonchev–Trinajstić information content (AvgIpc) is 2.31. The molecule has 0 spiro atoms. The van der Waals surface area contributed by atoms with E-state index in [-0.39, 0.29) is 41.6 Å². The number of phenols is 1. The van der Waals surface area contributed by atoms with Gasteiger partial charge in [-0.05, 0) is 32.0 Å². The Morgan fingerprint density at radius 3 is 2.63 bits per heavy atom. The molecule has 0 heterocycles. The van der Waals surface area contributed by atoms with Gasteiger partial charge in [0.25, 0.3) is 5.91 Å². The fourth-order valence-electron chi connectivity index (χ4n) is 1.43. The van der Waals surface area contributed by atoms with E-state index in [2.05, 4.69) is 10.6 Å². The van der Waals surface area contributed by atoms with E-state index in [1.54, 1.807) is 0 Å². The highest BCUT2D eigenvalue weighted by Crippen LogP contribution is 2.23. The molecule has 0 aromatic heterocycles. The van der Waals surface area contributed by atoms with Gasteiger partial charge in [-0.1, -0.05) is 11.6 Å². The van der Waals surface area contributed by atoms with E-state index < -0.39 is 0 Å². The number of rotatable bonds is 5. The number of benzene rings is 1. The Bertz CT molecular complexity index is 475. The molecule has 1 rings (SSSR count). The van der Waals surface area contributed by atoms with Crippen LogP contribution in [0, 0.1) is 0 Å². The second-order valence-corrected chi connectivity index (χ2v) is 4.80. The average molecular weight is 285 g/mol. The summed E-state index contributed by atoms with van der Waals surface area (Å²) < 4.78 is 0. The summed E-state index contributed by atoms with van der Waals surface area (Å²) in [6.07, 6.45) is 0.218. The fraction of sp³-hybridized carbons (Fsp3) is 0.385. The topological polar surface area (TPSA) is 78.4 Å². The monoisotopic (exact) mass is 284 g/mol. The van der Waals surface area contributed by atoms with Gasteiger partial charge in [0.15, 0.2) is 0 Å². The molecule has 0 aliphatic heterocycles.